The fourth-order valence-electron chi connectivity index (χ4n) is 0.700. The summed E-state index contributed by atoms with van der Waals surface area (Å²) >= 11 is 3.33. The molecule has 0 saturated carbocycles. The molecule has 0 aliphatic rings. The highest BCUT2D eigenvalue weighted by molar-refractivity contribution is 9.08. The van der Waals surface area contributed by atoms with Crippen LogP contribution in [0.15, 0.2) is 6.07 Å². The number of alkyl halides is 1. The molecule has 1 heterocycles. The van der Waals surface area contributed by atoms with Crippen molar-refractivity contribution < 1.29 is 0 Å². The van der Waals surface area contributed by atoms with Crippen molar-refractivity contribution in [1.29, 1.82) is 0 Å². The number of nitrogens with zero attached hydrogens (tertiary/aromatic N) is 2. The van der Waals surface area contributed by atoms with Crippen molar-refractivity contribution in [3.05, 3.63) is 17.5 Å². The van der Waals surface area contributed by atoms with Crippen LogP contribution in [-0.2, 0) is 12.4 Å². The maximum Gasteiger partial charge on any atom is 0.0732 e. The van der Waals surface area contributed by atoms with Gasteiger partial charge in [-0.2, -0.15) is 5.10 Å². The first-order valence-corrected chi connectivity index (χ1v) is 3.91. The minimum absolute atomic E-state index is 0.842. The van der Waals surface area contributed by atoms with Crippen LogP contribution in [0, 0.1) is 6.92 Å². The zero-order chi connectivity index (χ0) is 6.85. The Hall–Kier alpha value is -0.310. The smallest absolute Gasteiger partial charge is 0.0732 e. The van der Waals surface area contributed by atoms with Gasteiger partial charge in [0.05, 0.1) is 5.69 Å². The van der Waals surface area contributed by atoms with Crippen molar-refractivity contribution in [3.8, 4) is 0 Å². The van der Waals surface area contributed by atoms with Gasteiger partial charge in [-0.05, 0) is 13.0 Å². The van der Waals surface area contributed by atoms with Crippen LogP contribution in [-0.4, -0.2) is 9.78 Å². The third-order valence-electron chi connectivity index (χ3n) is 1.30. The summed E-state index contributed by atoms with van der Waals surface area (Å²) in [6.07, 6.45) is 0. The zero-order valence-electron chi connectivity index (χ0n) is 5.56. The van der Waals surface area contributed by atoms with Crippen molar-refractivity contribution in [2.45, 2.75) is 12.3 Å². The van der Waals surface area contributed by atoms with E-state index in [9.17, 15) is 0 Å². The molecule has 0 aliphatic heterocycles. The predicted octanol–water partition coefficient (Wildman–Crippen LogP) is 1.62. The quantitative estimate of drug-likeness (QED) is 0.614. The zero-order valence-corrected chi connectivity index (χ0v) is 7.14. The standard InChI is InChI=1S/C6H9BrN2/c1-5-3-6(4-7)8-9(5)2/h3H,4H2,1-2H3. The van der Waals surface area contributed by atoms with Gasteiger partial charge in [0.15, 0.2) is 0 Å². The van der Waals surface area contributed by atoms with Crippen molar-refractivity contribution in [2.24, 2.45) is 7.05 Å². The van der Waals surface area contributed by atoms with Gasteiger partial charge in [0.25, 0.3) is 0 Å². The number of rotatable bonds is 1. The summed E-state index contributed by atoms with van der Waals surface area (Å²) in [6, 6.07) is 2.06. The number of aromatic nitrogens is 2. The molecule has 1 aromatic rings. The van der Waals surface area contributed by atoms with Gasteiger partial charge in [-0.15, -0.1) is 0 Å². The van der Waals surface area contributed by atoms with Gasteiger partial charge in [-0.1, -0.05) is 15.9 Å². The maximum absolute atomic E-state index is 4.20. The van der Waals surface area contributed by atoms with Gasteiger partial charge in [-0.25, -0.2) is 0 Å². The van der Waals surface area contributed by atoms with Crippen LogP contribution >= 0.6 is 15.9 Å². The topological polar surface area (TPSA) is 17.8 Å². The molecule has 0 saturated heterocycles. The van der Waals surface area contributed by atoms with E-state index in [-0.39, 0.29) is 0 Å². The second kappa shape index (κ2) is 2.52. The number of hydrogen-bond donors (Lipinski definition) is 0. The van der Waals surface area contributed by atoms with Crippen LogP contribution in [0.25, 0.3) is 0 Å². The van der Waals surface area contributed by atoms with Crippen LogP contribution in [0.1, 0.15) is 11.4 Å². The molecule has 9 heavy (non-hydrogen) atoms. The molecule has 0 N–H and O–H groups in total. The molecule has 0 aliphatic carbocycles. The molecule has 1 aromatic heterocycles. The molecular weight excluding hydrogens is 180 g/mol. The number of aryl methyl sites for hydroxylation is 2. The van der Waals surface area contributed by atoms with E-state index in [4.69, 9.17) is 0 Å². The second-order valence-corrected chi connectivity index (χ2v) is 2.60. The maximum atomic E-state index is 4.20. The molecule has 0 unspecified atom stereocenters. The summed E-state index contributed by atoms with van der Waals surface area (Å²) in [7, 11) is 1.95. The summed E-state index contributed by atoms with van der Waals surface area (Å²) in [6.45, 7) is 2.04. The van der Waals surface area contributed by atoms with Crippen molar-refractivity contribution in [2.75, 3.05) is 0 Å². The van der Waals surface area contributed by atoms with Gasteiger partial charge in [0.1, 0.15) is 0 Å². The monoisotopic (exact) mass is 188 g/mol. The molecule has 50 valence electrons. The Morgan fingerprint density at radius 3 is 2.67 bits per heavy atom. The van der Waals surface area contributed by atoms with E-state index in [2.05, 4.69) is 27.1 Å². The van der Waals surface area contributed by atoms with Crippen molar-refractivity contribution >= 4 is 15.9 Å². The summed E-state index contributed by atoms with van der Waals surface area (Å²) in [5.41, 5.74) is 2.29. The SMILES string of the molecule is Cc1cc(CBr)nn1C. The van der Waals surface area contributed by atoms with Gasteiger partial charge in [0, 0.05) is 18.1 Å². The lowest BCUT2D eigenvalue weighted by Crippen LogP contribution is -1.92. The van der Waals surface area contributed by atoms with E-state index in [0.717, 1.165) is 11.0 Å². The molecule has 0 aromatic carbocycles. The van der Waals surface area contributed by atoms with Crippen LogP contribution in [0.2, 0.25) is 0 Å². The molecule has 0 fully saturated rings. The Morgan fingerprint density at radius 1 is 1.78 bits per heavy atom. The van der Waals surface area contributed by atoms with E-state index in [1.54, 1.807) is 0 Å². The summed E-state index contributed by atoms with van der Waals surface area (Å²) in [5, 5.41) is 5.04. The molecule has 0 atom stereocenters. The van der Waals surface area contributed by atoms with Crippen LogP contribution in [0.3, 0.4) is 0 Å². The molecule has 1 rings (SSSR count). The second-order valence-electron chi connectivity index (χ2n) is 2.03. The Bertz CT molecular complexity index is 185. The van der Waals surface area contributed by atoms with Gasteiger partial charge >= 0.3 is 0 Å². The molecule has 0 bridgehead atoms. The minimum atomic E-state index is 0.842. The van der Waals surface area contributed by atoms with Gasteiger partial charge < -0.3 is 0 Å². The third kappa shape index (κ3) is 1.33. The Labute approximate surface area is 63.0 Å². The third-order valence-corrected chi connectivity index (χ3v) is 1.88. The predicted molar refractivity (Wildman–Crippen MR) is 40.6 cm³/mol. The fourth-order valence-corrected chi connectivity index (χ4v) is 0.974. The Balaban J connectivity index is 2.98. The first-order valence-electron chi connectivity index (χ1n) is 2.79. The fraction of sp³-hybridized carbons (Fsp3) is 0.500. The highest BCUT2D eigenvalue weighted by Gasteiger charge is 1.96. The van der Waals surface area contributed by atoms with Crippen LogP contribution < -0.4 is 0 Å². The first-order chi connectivity index (χ1) is 4.24. The van der Waals surface area contributed by atoms with Crippen LogP contribution in [0.5, 0.6) is 0 Å². The molecule has 0 spiro atoms. The largest absolute Gasteiger partial charge is 0.273 e. The normalized spacial score (nSPS) is 10.1. The van der Waals surface area contributed by atoms with E-state index in [0.29, 0.717) is 0 Å². The van der Waals surface area contributed by atoms with Crippen molar-refractivity contribution in [3.63, 3.8) is 0 Å². The summed E-state index contributed by atoms with van der Waals surface area (Å²) in [5.74, 6) is 0. The van der Waals surface area contributed by atoms with Gasteiger partial charge in [0.2, 0.25) is 0 Å². The van der Waals surface area contributed by atoms with Crippen LogP contribution in [0.4, 0.5) is 0 Å². The molecule has 0 amide bonds. The molecule has 2 nitrogen and oxygen atoms in total. The average molecular weight is 189 g/mol. The summed E-state index contributed by atoms with van der Waals surface area (Å²) in [4.78, 5) is 0. The minimum Gasteiger partial charge on any atom is -0.273 e. The highest BCUT2D eigenvalue weighted by atomic mass is 79.9. The lowest BCUT2D eigenvalue weighted by molar-refractivity contribution is 0.730. The van der Waals surface area contributed by atoms with E-state index >= 15 is 0 Å². The first kappa shape index (κ1) is 6.81. The summed E-state index contributed by atoms with van der Waals surface area (Å²) < 4.78 is 1.87. The average Bonchev–Trinajstić information content (AvgIpc) is 2.13. The van der Waals surface area contributed by atoms with E-state index in [1.807, 2.05) is 18.7 Å². The van der Waals surface area contributed by atoms with Crippen molar-refractivity contribution in [1.82, 2.24) is 9.78 Å². The highest BCUT2D eigenvalue weighted by Crippen LogP contribution is 2.04. The lowest BCUT2D eigenvalue weighted by Gasteiger charge is -1.88. The van der Waals surface area contributed by atoms with Gasteiger partial charge in [-0.3, -0.25) is 4.68 Å². The molecule has 0 radical (unpaired) electrons. The number of halogens is 1. The Kier molecular flexibility index (Phi) is 1.90. The Morgan fingerprint density at radius 2 is 2.44 bits per heavy atom. The molecule has 3 heteroatoms. The number of hydrogen-bond acceptors (Lipinski definition) is 1. The van der Waals surface area contributed by atoms with E-state index < -0.39 is 0 Å². The lowest BCUT2D eigenvalue weighted by atomic mass is 10.4. The molecular formula is C6H9BrN2. The van der Waals surface area contributed by atoms with E-state index in [1.165, 1.54) is 5.69 Å².